The molecule has 0 unspecified atom stereocenters. The summed E-state index contributed by atoms with van der Waals surface area (Å²) < 4.78 is 0. The van der Waals surface area contributed by atoms with Crippen LogP contribution in [0, 0.1) is 0 Å². The quantitative estimate of drug-likeness (QED) is 0.528. The molecule has 0 bridgehead atoms. The molecule has 0 spiro atoms. The molecule has 1 aromatic rings. The molecule has 62 valence electrons. The number of rotatable bonds is 1. The van der Waals surface area contributed by atoms with E-state index >= 15 is 0 Å². The van der Waals surface area contributed by atoms with E-state index in [9.17, 15) is 4.79 Å². The van der Waals surface area contributed by atoms with Gasteiger partial charge in [-0.2, -0.15) is 0 Å². The van der Waals surface area contributed by atoms with E-state index in [4.69, 9.17) is 5.73 Å². The van der Waals surface area contributed by atoms with Crippen molar-refractivity contribution in [2.45, 2.75) is 6.54 Å². The van der Waals surface area contributed by atoms with E-state index in [2.05, 4.69) is 15.8 Å². The number of nitrogens with zero attached hydrogens (tertiary/aromatic N) is 1. The van der Waals surface area contributed by atoms with Gasteiger partial charge >= 0.3 is 0 Å². The van der Waals surface area contributed by atoms with Crippen molar-refractivity contribution in [2.24, 2.45) is 5.73 Å². The monoisotopic (exact) mass is 164 g/mol. The highest BCUT2D eigenvalue weighted by Crippen LogP contribution is 2.18. The lowest BCUT2D eigenvalue weighted by Crippen LogP contribution is -2.13. The van der Waals surface area contributed by atoms with Gasteiger partial charge in [-0.25, -0.2) is 10.4 Å². The Hall–Kier alpha value is -1.62. The highest BCUT2D eigenvalue weighted by Gasteiger charge is 2.12. The van der Waals surface area contributed by atoms with Crippen molar-refractivity contribution in [3.8, 4) is 0 Å². The molecular weight excluding hydrogens is 156 g/mol. The molecule has 0 atom stereocenters. The maximum absolute atomic E-state index is 10.7. The van der Waals surface area contributed by atoms with Crippen LogP contribution in [0.25, 0.3) is 0 Å². The number of hydrogen-bond acceptors (Lipinski definition) is 4. The molecule has 1 aliphatic rings. The summed E-state index contributed by atoms with van der Waals surface area (Å²) >= 11 is 0. The number of primary amides is 1. The Bertz CT molecular complexity index is 336. The summed E-state index contributed by atoms with van der Waals surface area (Å²) in [7, 11) is 0. The molecule has 0 saturated carbocycles. The maximum Gasteiger partial charge on any atom is 0.267 e. The van der Waals surface area contributed by atoms with Gasteiger partial charge in [-0.3, -0.25) is 4.79 Å². The fourth-order valence-corrected chi connectivity index (χ4v) is 1.13. The van der Waals surface area contributed by atoms with Crippen molar-refractivity contribution in [3.05, 3.63) is 23.5 Å². The van der Waals surface area contributed by atoms with Gasteiger partial charge < -0.3 is 11.2 Å². The number of anilines is 1. The molecule has 1 amide bonds. The third-order valence-corrected chi connectivity index (χ3v) is 1.74. The molecule has 0 saturated heterocycles. The summed E-state index contributed by atoms with van der Waals surface area (Å²) in [5.41, 5.74) is 13.1. The molecule has 0 aliphatic carbocycles. The number of carbonyl (C=O) groups excluding carboxylic acids is 1. The lowest BCUT2D eigenvalue weighted by Gasteiger charge is -1.98. The number of nitrogens with one attached hydrogen (secondary N) is 2. The first-order valence-electron chi connectivity index (χ1n) is 3.55. The average molecular weight is 164 g/mol. The highest BCUT2D eigenvalue weighted by molar-refractivity contribution is 5.91. The van der Waals surface area contributed by atoms with E-state index in [0.29, 0.717) is 12.2 Å². The molecule has 0 radical (unpaired) electrons. The minimum absolute atomic E-state index is 0.305. The topological polar surface area (TPSA) is 80.0 Å². The zero-order valence-electron chi connectivity index (χ0n) is 6.29. The Morgan fingerprint density at radius 3 is 3.25 bits per heavy atom. The first-order chi connectivity index (χ1) is 5.77. The second-order valence-electron chi connectivity index (χ2n) is 2.57. The van der Waals surface area contributed by atoms with Crippen molar-refractivity contribution >= 4 is 11.6 Å². The number of nitrogens with two attached hydrogens (primary N) is 1. The number of hydrogen-bond donors (Lipinski definition) is 3. The van der Waals surface area contributed by atoms with E-state index < -0.39 is 5.91 Å². The Kier molecular flexibility index (Phi) is 1.44. The van der Waals surface area contributed by atoms with Gasteiger partial charge in [-0.05, 0) is 11.6 Å². The van der Waals surface area contributed by atoms with E-state index in [0.717, 1.165) is 11.3 Å². The lowest BCUT2D eigenvalue weighted by molar-refractivity contribution is 0.0995. The first kappa shape index (κ1) is 7.05. The van der Waals surface area contributed by atoms with Crippen LogP contribution in [0.1, 0.15) is 16.1 Å². The van der Waals surface area contributed by atoms with Gasteiger partial charge in [0.15, 0.2) is 0 Å². The average Bonchev–Trinajstić information content (AvgIpc) is 2.49. The van der Waals surface area contributed by atoms with Crippen molar-refractivity contribution in [3.63, 3.8) is 0 Å². The molecule has 1 aromatic heterocycles. The van der Waals surface area contributed by atoms with Crippen LogP contribution in [0.3, 0.4) is 0 Å². The van der Waals surface area contributed by atoms with Gasteiger partial charge in [0.05, 0.1) is 11.9 Å². The molecule has 0 aromatic carbocycles. The molecule has 0 fully saturated rings. The fraction of sp³-hybridized carbons (Fsp3) is 0.143. The summed E-state index contributed by atoms with van der Waals surface area (Å²) in [5, 5.41) is 0. The molecule has 5 nitrogen and oxygen atoms in total. The van der Waals surface area contributed by atoms with Crippen LogP contribution >= 0.6 is 0 Å². The van der Waals surface area contributed by atoms with Gasteiger partial charge in [0.25, 0.3) is 5.91 Å². The van der Waals surface area contributed by atoms with Crippen molar-refractivity contribution < 1.29 is 4.79 Å². The Balaban J connectivity index is 2.45. The van der Waals surface area contributed by atoms with Crippen molar-refractivity contribution in [2.75, 3.05) is 5.43 Å². The summed E-state index contributed by atoms with van der Waals surface area (Å²) in [6.07, 6.45) is 1.59. The number of amides is 1. The van der Waals surface area contributed by atoms with Crippen LogP contribution in [0.15, 0.2) is 12.3 Å². The number of pyridine rings is 1. The first-order valence-corrected chi connectivity index (χ1v) is 3.55. The van der Waals surface area contributed by atoms with E-state index in [-0.39, 0.29) is 0 Å². The third-order valence-electron chi connectivity index (χ3n) is 1.74. The van der Waals surface area contributed by atoms with Crippen LogP contribution < -0.4 is 16.6 Å². The van der Waals surface area contributed by atoms with Crippen molar-refractivity contribution in [1.29, 1.82) is 0 Å². The summed E-state index contributed by atoms with van der Waals surface area (Å²) in [5.74, 6) is -0.496. The predicted octanol–water partition coefficient (Wildman–Crippen LogP) is -0.389. The number of aromatic nitrogens is 1. The zero-order valence-corrected chi connectivity index (χ0v) is 6.29. The normalized spacial score (nSPS) is 13.7. The standard InChI is InChI=1S/C7H8N4O/c8-7(12)5-1-4-2-10-11-6(4)3-9-5/h1,3,10-11H,2H2,(H2,8,12). The van der Waals surface area contributed by atoms with Crippen LogP contribution in [0.2, 0.25) is 0 Å². The van der Waals surface area contributed by atoms with Gasteiger partial charge in [-0.1, -0.05) is 0 Å². The van der Waals surface area contributed by atoms with E-state index in [1.165, 1.54) is 0 Å². The second-order valence-corrected chi connectivity index (χ2v) is 2.57. The SMILES string of the molecule is NC(=O)c1cc2c(cn1)NNC2. The Morgan fingerprint density at radius 1 is 1.67 bits per heavy atom. The van der Waals surface area contributed by atoms with Crippen LogP contribution in [0.5, 0.6) is 0 Å². The Morgan fingerprint density at radius 2 is 2.50 bits per heavy atom. The minimum Gasteiger partial charge on any atom is -0.364 e. The molecule has 2 heterocycles. The number of fused-ring (bicyclic) bond motifs is 1. The van der Waals surface area contributed by atoms with E-state index in [1.54, 1.807) is 12.3 Å². The van der Waals surface area contributed by atoms with Crippen LogP contribution in [-0.2, 0) is 6.54 Å². The zero-order chi connectivity index (χ0) is 8.55. The van der Waals surface area contributed by atoms with Gasteiger partial charge in [0.2, 0.25) is 0 Å². The molecule has 5 heteroatoms. The smallest absolute Gasteiger partial charge is 0.267 e. The summed E-state index contributed by atoms with van der Waals surface area (Å²) in [6.45, 7) is 0.693. The van der Waals surface area contributed by atoms with Crippen molar-refractivity contribution in [1.82, 2.24) is 10.4 Å². The lowest BCUT2D eigenvalue weighted by atomic mass is 10.2. The van der Waals surface area contributed by atoms with Gasteiger partial charge in [-0.15, -0.1) is 0 Å². The molecule has 2 rings (SSSR count). The largest absolute Gasteiger partial charge is 0.364 e. The summed E-state index contributed by atoms with van der Waals surface area (Å²) in [6, 6.07) is 1.69. The van der Waals surface area contributed by atoms with Crippen LogP contribution in [0.4, 0.5) is 5.69 Å². The number of hydrazine groups is 1. The second kappa shape index (κ2) is 2.46. The minimum atomic E-state index is -0.496. The van der Waals surface area contributed by atoms with Crippen LogP contribution in [-0.4, -0.2) is 10.9 Å². The van der Waals surface area contributed by atoms with E-state index in [1.807, 2.05) is 0 Å². The number of carbonyl (C=O) groups is 1. The maximum atomic E-state index is 10.7. The molecule has 12 heavy (non-hydrogen) atoms. The molecule has 4 N–H and O–H groups in total. The predicted molar refractivity (Wildman–Crippen MR) is 43.2 cm³/mol. The molecular formula is C7H8N4O. The third kappa shape index (κ3) is 0.998. The highest BCUT2D eigenvalue weighted by atomic mass is 16.1. The van der Waals surface area contributed by atoms with Gasteiger partial charge in [0.1, 0.15) is 5.69 Å². The Labute approximate surface area is 68.9 Å². The van der Waals surface area contributed by atoms with Gasteiger partial charge in [0, 0.05) is 6.54 Å². The molecule has 1 aliphatic heterocycles. The fourth-order valence-electron chi connectivity index (χ4n) is 1.13. The summed E-state index contributed by atoms with van der Waals surface area (Å²) in [4.78, 5) is 14.6.